The van der Waals surface area contributed by atoms with E-state index in [2.05, 4.69) is 5.32 Å². The third-order valence-electron chi connectivity index (χ3n) is 2.73. The number of nitriles is 1. The molecule has 1 N–H and O–H groups in total. The molecule has 118 valence electrons. The Kier molecular flexibility index (Phi) is 5.23. The van der Waals surface area contributed by atoms with Crippen LogP contribution in [0.2, 0.25) is 0 Å². The number of hydrogen-bond donors (Lipinski definition) is 1. The molecule has 0 saturated carbocycles. The quantitative estimate of drug-likeness (QED) is 0.455. The molecule has 0 radical (unpaired) electrons. The molecule has 0 saturated heterocycles. The highest BCUT2D eigenvalue weighted by atomic mass is 32.2. The summed E-state index contributed by atoms with van der Waals surface area (Å²) in [6.45, 7) is 0. The van der Waals surface area contributed by atoms with Gasteiger partial charge in [0.25, 0.3) is 0 Å². The van der Waals surface area contributed by atoms with E-state index < -0.39 is 23.1 Å². The average molecular weight is 356 g/mol. The van der Waals surface area contributed by atoms with Gasteiger partial charge in [0.15, 0.2) is 0 Å². The van der Waals surface area contributed by atoms with Gasteiger partial charge in [-0.15, -0.1) is 0 Å². The van der Waals surface area contributed by atoms with Crippen molar-refractivity contribution in [2.45, 2.75) is 11.1 Å². The van der Waals surface area contributed by atoms with Crippen LogP contribution in [0.1, 0.15) is 11.1 Å². The van der Waals surface area contributed by atoms with Crippen LogP contribution in [0.5, 0.6) is 0 Å². The Morgan fingerprint density at radius 1 is 1.17 bits per heavy atom. The molecule has 8 heteroatoms. The molecule has 0 aliphatic heterocycles. The predicted octanol–water partition coefficient (Wildman–Crippen LogP) is 5.21. The lowest BCUT2D eigenvalue weighted by Crippen LogP contribution is -2.10. The molecular formula is C15H8F4N2S2. The molecule has 0 amide bonds. The minimum atomic E-state index is -4.65. The summed E-state index contributed by atoms with van der Waals surface area (Å²) in [4.78, 5) is 0.259. The standard InChI is InChI=1S/C15H8F4N2S2/c16-12-3-1-2-4-13(12)23-14(22)21-10-6-5-9(8-20)11(7-10)15(17,18)19/h1-7H,(H,21,22). The molecule has 0 atom stereocenters. The Bertz CT molecular complexity index is 782. The van der Waals surface area contributed by atoms with Gasteiger partial charge in [0, 0.05) is 5.69 Å². The molecule has 2 aromatic carbocycles. The van der Waals surface area contributed by atoms with E-state index in [1.165, 1.54) is 30.3 Å². The van der Waals surface area contributed by atoms with Crippen LogP contribution in [0.4, 0.5) is 23.2 Å². The number of nitrogens with zero attached hydrogens (tertiary/aromatic N) is 1. The number of alkyl halides is 3. The fourth-order valence-corrected chi connectivity index (χ4v) is 2.79. The van der Waals surface area contributed by atoms with Gasteiger partial charge in [-0.25, -0.2) is 4.39 Å². The van der Waals surface area contributed by atoms with Crippen molar-refractivity contribution < 1.29 is 17.6 Å². The van der Waals surface area contributed by atoms with Gasteiger partial charge in [-0.1, -0.05) is 36.1 Å². The lowest BCUT2D eigenvalue weighted by atomic mass is 10.1. The minimum Gasteiger partial charge on any atom is -0.341 e. The summed E-state index contributed by atoms with van der Waals surface area (Å²) in [6.07, 6.45) is -4.65. The molecule has 2 nitrogen and oxygen atoms in total. The molecule has 0 aromatic heterocycles. The molecule has 0 aliphatic rings. The summed E-state index contributed by atoms with van der Waals surface area (Å²) < 4.78 is 52.3. The molecule has 0 aliphatic carbocycles. The van der Waals surface area contributed by atoms with Crippen molar-refractivity contribution in [3.8, 4) is 6.07 Å². The van der Waals surface area contributed by atoms with Crippen LogP contribution in [-0.2, 0) is 6.18 Å². The highest BCUT2D eigenvalue weighted by Gasteiger charge is 2.33. The van der Waals surface area contributed by atoms with Crippen LogP contribution in [-0.4, -0.2) is 4.32 Å². The highest BCUT2D eigenvalue weighted by molar-refractivity contribution is 8.23. The number of anilines is 1. The first-order chi connectivity index (χ1) is 10.8. The van der Waals surface area contributed by atoms with E-state index in [0.717, 1.165) is 23.9 Å². The number of hydrogen-bond acceptors (Lipinski definition) is 3. The summed E-state index contributed by atoms with van der Waals surface area (Å²) in [6, 6.07) is 10.6. The maximum atomic E-state index is 13.5. The maximum absolute atomic E-state index is 13.5. The SMILES string of the molecule is N#Cc1ccc(NC(=S)Sc2ccccc2F)cc1C(F)(F)F. The first-order valence-corrected chi connectivity index (χ1v) is 7.38. The van der Waals surface area contributed by atoms with Crippen LogP contribution >= 0.6 is 24.0 Å². The first kappa shape index (κ1) is 17.2. The summed E-state index contributed by atoms with van der Waals surface area (Å²) >= 11 is 5.90. The van der Waals surface area contributed by atoms with Crippen LogP contribution in [0.25, 0.3) is 0 Å². The van der Waals surface area contributed by atoms with Crippen molar-refractivity contribution >= 4 is 34.0 Å². The lowest BCUT2D eigenvalue weighted by molar-refractivity contribution is -0.137. The molecule has 2 rings (SSSR count). The third-order valence-corrected chi connectivity index (χ3v) is 3.92. The molecule has 0 bridgehead atoms. The monoisotopic (exact) mass is 356 g/mol. The normalized spacial score (nSPS) is 10.9. The summed E-state index contributed by atoms with van der Waals surface area (Å²) in [5.74, 6) is -0.475. The first-order valence-electron chi connectivity index (χ1n) is 6.16. The zero-order chi connectivity index (χ0) is 17.0. The van der Waals surface area contributed by atoms with E-state index in [9.17, 15) is 17.6 Å². The van der Waals surface area contributed by atoms with Crippen LogP contribution in [0.3, 0.4) is 0 Å². The lowest BCUT2D eigenvalue weighted by Gasteiger charge is -2.12. The molecule has 0 fully saturated rings. The minimum absolute atomic E-state index is 0.0742. The number of benzene rings is 2. The third kappa shape index (κ3) is 4.43. The zero-order valence-corrected chi connectivity index (χ0v) is 13.0. The van der Waals surface area contributed by atoms with Crippen LogP contribution < -0.4 is 5.32 Å². The van der Waals surface area contributed by atoms with Crippen molar-refractivity contribution in [1.82, 2.24) is 0 Å². The topological polar surface area (TPSA) is 35.8 Å². The van der Waals surface area contributed by atoms with Gasteiger partial charge in [-0.2, -0.15) is 18.4 Å². The Hall–Kier alpha value is -2.11. The van der Waals surface area contributed by atoms with Crippen molar-refractivity contribution in [2.24, 2.45) is 0 Å². The van der Waals surface area contributed by atoms with Crippen LogP contribution in [0, 0.1) is 17.1 Å². The Morgan fingerprint density at radius 3 is 2.48 bits per heavy atom. The van der Waals surface area contributed by atoms with Crippen molar-refractivity contribution in [1.29, 1.82) is 5.26 Å². The van der Waals surface area contributed by atoms with E-state index in [4.69, 9.17) is 17.5 Å². The smallest absolute Gasteiger partial charge is 0.341 e. The average Bonchev–Trinajstić information content (AvgIpc) is 2.48. The van der Waals surface area contributed by atoms with Crippen LogP contribution in [0.15, 0.2) is 47.4 Å². The number of thioether (sulfide) groups is 1. The summed E-state index contributed by atoms with van der Waals surface area (Å²) in [5, 5.41) is 11.3. The van der Waals surface area contributed by atoms with Gasteiger partial charge in [0.2, 0.25) is 0 Å². The van der Waals surface area contributed by atoms with Crippen molar-refractivity contribution in [3.63, 3.8) is 0 Å². The van der Waals surface area contributed by atoms with E-state index in [1.807, 2.05) is 0 Å². The number of nitrogens with one attached hydrogen (secondary N) is 1. The van der Waals surface area contributed by atoms with E-state index in [-0.39, 0.29) is 14.9 Å². The van der Waals surface area contributed by atoms with Gasteiger partial charge < -0.3 is 5.32 Å². The van der Waals surface area contributed by atoms with E-state index in [1.54, 1.807) is 6.07 Å². The Morgan fingerprint density at radius 2 is 1.87 bits per heavy atom. The number of halogens is 4. The Labute approximate surface area is 139 Å². The summed E-state index contributed by atoms with van der Waals surface area (Å²) in [5.41, 5.74) is -1.45. The summed E-state index contributed by atoms with van der Waals surface area (Å²) in [7, 11) is 0. The van der Waals surface area contributed by atoms with Gasteiger partial charge in [-0.05, 0) is 30.3 Å². The van der Waals surface area contributed by atoms with Gasteiger partial charge in [0.05, 0.1) is 22.1 Å². The molecule has 0 heterocycles. The zero-order valence-electron chi connectivity index (χ0n) is 11.3. The highest BCUT2D eigenvalue weighted by Crippen LogP contribution is 2.34. The molecule has 0 spiro atoms. The fourth-order valence-electron chi connectivity index (χ4n) is 1.72. The molecule has 0 unspecified atom stereocenters. The number of rotatable bonds is 2. The second-order valence-corrected chi connectivity index (χ2v) is 6.03. The largest absolute Gasteiger partial charge is 0.417 e. The second-order valence-electron chi connectivity index (χ2n) is 4.31. The number of thiocarbonyl (C=S) groups is 1. The van der Waals surface area contributed by atoms with E-state index >= 15 is 0 Å². The van der Waals surface area contributed by atoms with E-state index in [0.29, 0.717) is 0 Å². The predicted molar refractivity (Wildman–Crippen MR) is 84.6 cm³/mol. The second kappa shape index (κ2) is 6.98. The molecule has 2 aromatic rings. The van der Waals surface area contributed by atoms with Gasteiger partial charge in [0.1, 0.15) is 10.1 Å². The fraction of sp³-hybridized carbons (Fsp3) is 0.0667. The Balaban J connectivity index is 2.19. The van der Waals surface area contributed by atoms with Gasteiger partial charge in [-0.3, -0.25) is 0 Å². The van der Waals surface area contributed by atoms with Crippen molar-refractivity contribution in [3.05, 3.63) is 59.4 Å². The van der Waals surface area contributed by atoms with Crippen molar-refractivity contribution in [2.75, 3.05) is 5.32 Å². The molecule has 23 heavy (non-hydrogen) atoms. The molecular weight excluding hydrogens is 348 g/mol. The van der Waals surface area contributed by atoms with Gasteiger partial charge >= 0.3 is 6.18 Å². The maximum Gasteiger partial charge on any atom is 0.417 e.